The van der Waals surface area contributed by atoms with Crippen molar-refractivity contribution in [3.63, 3.8) is 0 Å². The quantitative estimate of drug-likeness (QED) is 0.527. The van der Waals surface area contributed by atoms with Gasteiger partial charge in [0.1, 0.15) is 11.5 Å². The number of rotatable bonds is 5. The highest BCUT2D eigenvalue weighted by molar-refractivity contribution is 7.15. The van der Waals surface area contributed by atoms with Crippen LogP contribution in [0.2, 0.25) is 0 Å². The molecule has 3 heterocycles. The largest absolute Gasteiger partial charge is 0.296 e. The lowest BCUT2D eigenvalue weighted by Crippen LogP contribution is -2.12. The summed E-state index contributed by atoms with van der Waals surface area (Å²) >= 11 is 2.74. The number of aromatic nitrogens is 4. The molecule has 6 nitrogen and oxygen atoms in total. The lowest BCUT2D eigenvalue weighted by atomic mass is 10.1. The van der Waals surface area contributed by atoms with E-state index in [4.69, 9.17) is 0 Å². The van der Waals surface area contributed by atoms with Gasteiger partial charge in [-0.25, -0.2) is 19.0 Å². The Labute approximate surface area is 168 Å². The number of aryl methyl sites for hydroxylation is 2. The van der Waals surface area contributed by atoms with Gasteiger partial charge < -0.3 is 0 Å². The van der Waals surface area contributed by atoms with Crippen LogP contribution in [0.1, 0.15) is 32.3 Å². The fraction of sp³-hybridized carbons (Fsp3) is 0.158. The molecule has 4 rings (SSSR count). The molecule has 0 unspecified atom stereocenters. The van der Waals surface area contributed by atoms with E-state index in [1.165, 1.54) is 34.8 Å². The number of carbonyl (C=O) groups excluding carboxylic acids is 1. The summed E-state index contributed by atoms with van der Waals surface area (Å²) in [4.78, 5) is 22.1. The third kappa shape index (κ3) is 4.00. The van der Waals surface area contributed by atoms with Crippen molar-refractivity contribution in [1.29, 1.82) is 0 Å². The summed E-state index contributed by atoms with van der Waals surface area (Å²) in [6, 6.07) is 8.30. The molecule has 9 heteroatoms. The van der Waals surface area contributed by atoms with Crippen molar-refractivity contribution in [2.24, 2.45) is 0 Å². The zero-order chi connectivity index (χ0) is 19.7. The molecule has 1 N–H and O–H groups in total. The Morgan fingerprint density at radius 2 is 2.04 bits per heavy atom. The average Bonchev–Trinajstić information content (AvgIpc) is 3.37. The normalized spacial score (nSPS) is 11.0. The number of nitrogens with one attached hydrogen (secondary N) is 1. The lowest BCUT2D eigenvalue weighted by Gasteiger charge is -1.99. The van der Waals surface area contributed by atoms with Crippen molar-refractivity contribution < 1.29 is 9.18 Å². The van der Waals surface area contributed by atoms with Crippen LogP contribution >= 0.6 is 22.7 Å². The van der Waals surface area contributed by atoms with E-state index in [-0.39, 0.29) is 11.7 Å². The summed E-state index contributed by atoms with van der Waals surface area (Å²) < 4.78 is 14.7. The maximum atomic E-state index is 13.0. The molecule has 3 aromatic heterocycles. The fourth-order valence-electron chi connectivity index (χ4n) is 2.70. The van der Waals surface area contributed by atoms with Gasteiger partial charge in [0, 0.05) is 28.6 Å². The molecule has 142 valence electrons. The van der Waals surface area contributed by atoms with Gasteiger partial charge in [0.25, 0.3) is 5.91 Å². The van der Waals surface area contributed by atoms with Crippen LogP contribution in [-0.2, 0) is 6.42 Å². The molecule has 0 fully saturated rings. The topological polar surface area (TPSA) is 72.7 Å². The summed E-state index contributed by atoms with van der Waals surface area (Å²) in [5.41, 5.74) is 3.17. The van der Waals surface area contributed by atoms with E-state index in [1.807, 2.05) is 19.9 Å². The predicted molar refractivity (Wildman–Crippen MR) is 108 cm³/mol. The van der Waals surface area contributed by atoms with Crippen LogP contribution in [0.25, 0.3) is 5.13 Å². The number of nitrogens with zero attached hydrogens (tertiary/aromatic N) is 4. The molecule has 0 aliphatic rings. The Kier molecular flexibility index (Phi) is 5.01. The van der Waals surface area contributed by atoms with Gasteiger partial charge in [-0.05, 0) is 37.6 Å². The van der Waals surface area contributed by atoms with Crippen LogP contribution in [0.3, 0.4) is 0 Å². The second kappa shape index (κ2) is 7.61. The first-order chi connectivity index (χ1) is 13.5. The summed E-state index contributed by atoms with van der Waals surface area (Å²) in [7, 11) is 0. The van der Waals surface area contributed by atoms with Gasteiger partial charge >= 0.3 is 0 Å². The standard InChI is InChI=1S/C19H16FN5OS2/c1-11-7-12(2)25(24-11)19-22-16(10-27-19)17(26)23-18-21-9-15(28-18)8-13-3-5-14(20)6-4-13/h3-7,9-10H,8H2,1-2H3,(H,21,23,26). The van der Waals surface area contributed by atoms with Gasteiger partial charge in [-0.1, -0.05) is 12.1 Å². The van der Waals surface area contributed by atoms with E-state index in [0.29, 0.717) is 22.4 Å². The molecular weight excluding hydrogens is 397 g/mol. The minimum Gasteiger partial charge on any atom is -0.296 e. The molecule has 0 aliphatic heterocycles. The number of hydrogen-bond acceptors (Lipinski definition) is 6. The molecule has 28 heavy (non-hydrogen) atoms. The maximum Gasteiger partial charge on any atom is 0.276 e. The minimum atomic E-state index is -0.313. The van der Waals surface area contributed by atoms with Gasteiger partial charge in [-0.3, -0.25) is 10.1 Å². The van der Waals surface area contributed by atoms with Gasteiger partial charge in [-0.2, -0.15) is 5.10 Å². The average molecular weight is 414 g/mol. The Balaban J connectivity index is 1.43. The SMILES string of the molecule is Cc1cc(C)n(-c2nc(C(=O)Nc3ncc(Cc4ccc(F)cc4)s3)cs2)n1. The Hall–Kier alpha value is -2.91. The number of benzene rings is 1. The van der Waals surface area contributed by atoms with E-state index in [0.717, 1.165) is 21.8 Å². The van der Waals surface area contributed by atoms with Gasteiger partial charge in [-0.15, -0.1) is 22.7 Å². The van der Waals surface area contributed by atoms with Crippen LogP contribution in [0, 0.1) is 19.7 Å². The van der Waals surface area contributed by atoms with Crippen molar-refractivity contribution in [2.75, 3.05) is 5.32 Å². The van der Waals surface area contributed by atoms with Crippen molar-refractivity contribution >= 4 is 33.7 Å². The second-order valence-electron chi connectivity index (χ2n) is 6.24. The summed E-state index contributed by atoms with van der Waals surface area (Å²) in [5, 5.41) is 10.0. The first kappa shape index (κ1) is 18.5. The van der Waals surface area contributed by atoms with Crippen LogP contribution in [0.5, 0.6) is 0 Å². The van der Waals surface area contributed by atoms with E-state index >= 15 is 0 Å². The van der Waals surface area contributed by atoms with Crippen molar-refractivity contribution in [1.82, 2.24) is 19.7 Å². The Bertz CT molecular complexity index is 1130. The van der Waals surface area contributed by atoms with Crippen molar-refractivity contribution in [3.8, 4) is 5.13 Å². The zero-order valence-electron chi connectivity index (χ0n) is 15.1. The zero-order valence-corrected chi connectivity index (χ0v) is 16.8. The van der Waals surface area contributed by atoms with Gasteiger partial charge in [0.2, 0.25) is 5.13 Å². The van der Waals surface area contributed by atoms with Crippen LogP contribution in [0.4, 0.5) is 9.52 Å². The first-order valence-electron chi connectivity index (χ1n) is 8.47. The number of halogens is 1. The van der Waals surface area contributed by atoms with E-state index in [1.54, 1.807) is 28.4 Å². The molecule has 4 aromatic rings. The van der Waals surface area contributed by atoms with Crippen LogP contribution in [-0.4, -0.2) is 25.7 Å². The highest BCUT2D eigenvalue weighted by Gasteiger charge is 2.15. The number of hydrogen-bond donors (Lipinski definition) is 1. The highest BCUT2D eigenvalue weighted by atomic mass is 32.1. The smallest absolute Gasteiger partial charge is 0.276 e. The molecule has 0 spiro atoms. The minimum absolute atomic E-state index is 0.260. The molecule has 0 saturated heterocycles. The molecule has 0 radical (unpaired) electrons. The van der Waals surface area contributed by atoms with Crippen LogP contribution in [0.15, 0.2) is 41.9 Å². The van der Waals surface area contributed by atoms with Crippen molar-refractivity contribution in [2.45, 2.75) is 20.3 Å². The number of amides is 1. The summed E-state index contributed by atoms with van der Waals surface area (Å²) in [6.07, 6.45) is 2.35. The molecule has 1 aromatic carbocycles. The molecule has 1 amide bonds. The monoisotopic (exact) mass is 413 g/mol. The molecule has 0 aliphatic carbocycles. The maximum absolute atomic E-state index is 13.0. The van der Waals surface area contributed by atoms with Gasteiger partial charge in [0.15, 0.2) is 5.13 Å². The molecule has 0 atom stereocenters. The molecule has 0 saturated carbocycles. The van der Waals surface area contributed by atoms with E-state index in [2.05, 4.69) is 20.4 Å². The predicted octanol–water partition coefficient (Wildman–Crippen LogP) is 4.38. The number of anilines is 1. The number of thiazole rings is 2. The molecular formula is C19H16FN5OS2. The highest BCUT2D eigenvalue weighted by Crippen LogP contribution is 2.23. The summed E-state index contributed by atoms with van der Waals surface area (Å²) in [6.45, 7) is 3.86. The van der Waals surface area contributed by atoms with Crippen LogP contribution < -0.4 is 5.32 Å². The van der Waals surface area contributed by atoms with E-state index < -0.39 is 0 Å². The third-order valence-corrected chi connectivity index (χ3v) is 5.71. The molecule has 0 bridgehead atoms. The van der Waals surface area contributed by atoms with Crippen molar-refractivity contribution in [3.05, 3.63) is 75.2 Å². The van der Waals surface area contributed by atoms with Gasteiger partial charge in [0.05, 0.1) is 5.69 Å². The second-order valence-corrected chi connectivity index (χ2v) is 8.20. The van der Waals surface area contributed by atoms with E-state index in [9.17, 15) is 9.18 Å². The summed E-state index contributed by atoms with van der Waals surface area (Å²) in [5.74, 6) is -0.573. The third-order valence-electron chi connectivity index (χ3n) is 3.98. The first-order valence-corrected chi connectivity index (χ1v) is 10.2. The number of carbonyl (C=O) groups is 1. The lowest BCUT2D eigenvalue weighted by molar-refractivity contribution is 0.102. The Morgan fingerprint density at radius 3 is 2.75 bits per heavy atom. The fourth-order valence-corrected chi connectivity index (χ4v) is 4.35. The Morgan fingerprint density at radius 1 is 1.25 bits per heavy atom.